The summed E-state index contributed by atoms with van der Waals surface area (Å²) in [7, 11) is 0. The largest absolute Gasteiger partial charge is 0.486 e. The number of hydrogen-bond donors (Lipinski definition) is 2. The van der Waals surface area contributed by atoms with Crippen molar-refractivity contribution >= 4 is 23.5 Å². The first-order valence-corrected chi connectivity index (χ1v) is 9.95. The molecule has 2 aromatic carbocycles. The summed E-state index contributed by atoms with van der Waals surface area (Å²) in [5.41, 5.74) is 1.65. The van der Waals surface area contributed by atoms with Crippen molar-refractivity contribution in [2.75, 3.05) is 25.1 Å². The van der Waals surface area contributed by atoms with Gasteiger partial charge in [-0.1, -0.05) is 30.3 Å². The van der Waals surface area contributed by atoms with Gasteiger partial charge >= 0.3 is 6.03 Å². The second-order valence-corrected chi connectivity index (χ2v) is 7.17. The number of benzene rings is 2. The smallest absolute Gasteiger partial charge is 0.324 e. The van der Waals surface area contributed by atoms with Crippen LogP contribution in [0.1, 0.15) is 18.4 Å². The predicted octanol–water partition coefficient (Wildman–Crippen LogP) is 2.34. The zero-order chi connectivity index (χ0) is 20.9. The molecule has 1 fully saturated rings. The minimum atomic E-state index is -0.681. The first-order chi connectivity index (χ1) is 14.6. The molecule has 0 radical (unpaired) electrons. The van der Waals surface area contributed by atoms with Crippen molar-refractivity contribution in [2.24, 2.45) is 0 Å². The van der Waals surface area contributed by atoms with E-state index in [0.29, 0.717) is 43.4 Å². The van der Waals surface area contributed by atoms with Gasteiger partial charge in [-0.2, -0.15) is 0 Å². The lowest BCUT2D eigenvalue weighted by Crippen LogP contribution is -2.33. The number of anilines is 1. The molecule has 0 bridgehead atoms. The number of ether oxygens (including phenoxy) is 2. The number of hydrogen-bond acceptors (Lipinski definition) is 5. The minimum absolute atomic E-state index is 0.109. The lowest BCUT2D eigenvalue weighted by Gasteiger charge is -2.19. The van der Waals surface area contributed by atoms with Crippen LogP contribution in [0.4, 0.5) is 10.5 Å². The average Bonchev–Trinajstić information content (AvgIpc) is 3.04. The van der Waals surface area contributed by atoms with Crippen molar-refractivity contribution in [1.29, 1.82) is 0 Å². The Morgan fingerprint density at radius 3 is 2.63 bits per heavy atom. The molecule has 2 aliphatic rings. The summed E-state index contributed by atoms with van der Waals surface area (Å²) in [6.07, 6.45) is 0.942. The van der Waals surface area contributed by atoms with Gasteiger partial charge in [0.05, 0.1) is 0 Å². The fraction of sp³-hybridized carbons (Fsp3) is 0.318. The molecule has 8 heteroatoms. The summed E-state index contributed by atoms with van der Waals surface area (Å²) in [5, 5.41) is 5.46. The zero-order valence-corrected chi connectivity index (χ0v) is 16.4. The Morgan fingerprint density at radius 2 is 1.83 bits per heavy atom. The van der Waals surface area contributed by atoms with Crippen molar-refractivity contribution in [1.82, 2.24) is 10.2 Å². The van der Waals surface area contributed by atoms with E-state index in [1.54, 1.807) is 18.2 Å². The molecule has 8 nitrogen and oxygen atoms in total. The van der Waals surface area contributed by atoms with Gasteiger partial charge in [0.15, 0.2) is 11.5 Å². The fourth-order valence-electron chi connectivity index (χ4n) is 3.49. The second-order valence-electron chi connectivity index (χ2n) is 7.17. The van der Waals surface area contributed by atoms with Gasteiger partial charge in [-0.05, 0) is 30.5 Å². The van der Waals surface area contributed by atoms with Crippen molar-refractivity contribution in [3.8, 4) is 11.5 Å². The maximum absolute atomic E-state index is 12.5. The standard InChI is InChI=1S/C22H23N3O5/c26-20(23-16-6-8-18-19(14-16)30-13-12-29-18)9-7-17-21(27)25(22(28)24-17)11-10-15-4-2-1-3-5-15/h1-6,8,14,17H,7,9-13H2,(H,23,26)(H,24,28)/t17-/m0/s1. The molecule has 1 atom stereocenters. The van der Waals surface area contributed by atoms with E-state index in [0.717, 1.165) is 5.56 Å². The third-order valence-corrected chi connectivity index (χ3v) is 5.06. The van der Waals surface area contributed by atoms with Gasteiger partial charge in [-0.3, -0.25) is 14.5 Å². The van der Waals surface area contributed by atoms with Crippen molar-refractivity contribution in [2.45, 2.75) is 25.3 Å². The summed E-state index contributed by atoms with van der Waals surface area (Å²) in [4.78, 5) is 38.2. The number of fused-ring (bicyclic) bond motifs is 1. The van der Waals surface area contributed by atoms with Crippen LogP contribution in [-0.2, 0) is 16.0 Å². The van der Waals surface area contributed by atoms with Gasteiger partial charge in [0, 0.05) is 24.7 Å². The number of amides is 4. The molecule has 4 rings (SSSR count). The van der Waals surface area contributed by atoms with Gasteiger partial charge in [0.2, 0.25) is 5.91 Å². The molecule has 0 saturated carbocycles. The van der Waals surface area contributed by atoms with E-state index in [4.69, 9.17) is 9.47 Å². The summed E-state index contributed by atoms with van der Waals surface area (Å²) >= 11 is 0. The second kappa shape index (κ2) is 8.86. The van der Waals surface area contributed by atoms with Crippen molar-refractivity contribution in [3.05, 3.63) is 54.1 Å². The average molecular weight is 409 g/mol. The minimum Gasteiger partial charge on any atom is -0.486 e. The van der Waals surface area contributed by atoms with E-state index in [-0.39, 0.29) is 24.7 Å². The van der Waals surface area contributed by atoms with E-state index >= 15 is 0 Å². The fourth-order valence-corrected chi connectivity index (χ4v) is 3.49. The van der Waals surface area contributed by atoms with Crippen LogP contribution in [0.25, 0.3) is 0 Å². The predicted molar refractivity (Wildman–Crippen MR) is 109 cm³/mol. The quantitative estimate of drug-likeness (QED) is 0.684. The molecule has 0 unspecified atom stereocenters. The summed E-state index contributed by atoms with van der Waals surface area (Å²) < 4.78 is 11.0. The van der Waals surface area contributed by atoms with Gasteiger partial charge < -0.3 is 20.1 Å². The maximum atomic E-state index is 12.5. The van der Waals surface area contributed by atoms with Crippen LogP contribution < -0.4 is 20.1 Å². The number of imide groups is 1. The first-order valence-electron chi connectivity index (χ1n) is 9.95. The zero-order valence-electron chi connectivity index (χ0n) is 16.4. The van der Waals surface area contributed by atoms with Gasteiger partial charge in [-0.25, -0.2) is 4.79 Å². The van der Waals surface area contributed by atoms with E-state index in [2.05, 4.69) is 10.6 Å². The third kappa shape index (κ3) is 4.53. The number of nitrogens with one attached hydrogen (secondary N) is 2. The molecule has 0 spiro atoms. The lowest BCUT2D eigenvalue weighted by atomic mass is 10.1. The Morgan fingerprint density at radius 1 is 1.07 bits per heavy atom. The molecule has 2 N–H and O–H groups in total. The van der Waals surface area contributed by atoms with Gasteiger partial charge in [0.25, 0.3) is 5.91 Å². The lowest BCUT2D eigenvalue weighted by molar-refractivity contribution is -0.127. The van der Waals surface area contributed by atoms with Crippen LogP contribution >= 0.6 is 0 Å². The van der Waals surface area contributed by atoms with Crippen LogP contribution in [0.3, 0.4) is 0 Å². The molecule has 0 aliphatic carbocycles. The molecule has 2 aliphatic heterocycles. The number of urea groups is 1. The number of carbonyl (C=O) groups is 3. The van der Waals surface area contributed by atoms with E-state index in [9.17, 15) is 14.4 Å². The van der Waals surface area contributed by atoms with Gasteiger partial charge in [0.1, 0.15) is 19.3 Å². The Bertz CT molecular complexity index is 947. The molecule has 2 heterocycles. The normalized spacial score (nSPS) is 17.6. The van der Waals surface area contributed by atoms with E-state index in [1.165, 1.54) is 4.90 Å². The molecule has 0 aromatic heterocycles. The highest BCUT2D eigenvalue weighted by molar-refractivity contribution is 6.04. The van der Waals surface area contributed by atoms with E-state index < -0.39 is 12.1 Å². The molecular weight excluding hydrogens is 386 g/mol. The monoisotopic (exact) mass is 409 g/mol. The third-order valence-electron chi connectivity index (χ3n) is 5.06. The highest BCUT2D eigenvalue weighted by Gasteiger charge is 2.37. The van der Waals surface area contributed by atoms with Crippen molar-refractivity contribution < 1.29 is 23.9 Å². The first kappa shape index (κ1) is 19.8. The summed E-state index contributed by atoms with van der Waals surface area (Å²) in [6.45, 7) is 1.28. The molecule has 156 valence electrons. The topological polar surface area (TPSA) is 97.0 Å². The molecule has 1 saturated heterocycles. The number of carbonyl (C=O) groups excluding carboxylic acids is 3. The maximum Gasteiger partial charge on any atom is 0.324 e. The van der Waals surface area contributed by atoms with E-state index in [1.807, 2.05) is 30.3 Å². The van der Waals surface area contributed by atoms with Crippen LogP contribution in [-0.4, -0.2) is 48.5 Å². The van der Waals surface area contributed by atoms with Gasteiger partial charge in [-0.15, -0.1) is 0 Å². The van der Waals surface area contributed by atoms with Crippen LogP contribution in [0.5, 0.6) is 11.5 Å². The van der Waals surface area contributed by atoms with Crippen LogP contribution in [0.15, 0.2) is 48.5 Å². The Labute approximate surface area is 174 Å². The highest BCUT2D eigenvalue weighted by atomic mass is 16.6. The number of rotatable bonds is 7. The Hall–Kier alpha value is -3.55. The molecule has 30 heavy (non-hydrogen) atoms. The molecule has 2 aromatic rings. The summed E-state index contributed by atoms with van der Waals surface area (Å²) in [6, 6.07) is 13.8. The van der Waals surface area contributed by atoms with Crippen LogP contribution in [0, 0.1) is 0 Å². The summed E-state index contributed by atoms with van der Waals surface area (Å²) in [5.74, 6) is 0.708. The Balaban J connectivity index is 1.26. The van der Waals surface area contributed by atoms with Crippen LogP contribution in [0.2, 0.25) is 0 Å². The molecular formula is C22H23N3O5. The Kier molecular flexibility index (Phi) is 5.83. The van der Waals surface area contributed by atoms with Crippen molar-refractivity contribution in [3.63, 3.8) is 0 Å². The number of nitrogens with zero attached hydrogens (tertiary/aromatic N) is 1. The molecule has 4 amide bonds. The SMILES string of the molecule is O=C(CC[C@@H]1NC(=O)N(CCc2ccccc2)C1=O)Nc1ccc2c(c1)OCCO2. The highest BCUT2D eigenvalue weighted by Crippen LogP contribution is 2.32.